The fourth-order valence-electron chi connectivity index (χ4n) is 0.890. The van der Waals surface area contributed by atoms with E-state index >= 15 is 0 Å². The molecule has 0 unspecified atom stereocenters. The minimum absolute atomic E-state index is 0.163. The van der Waals surface area contributed by atoms with E-state index in [1.54, 1.807) is 7.11 Å². The van der Waals surface area contributed by atoms with Crippen LogP contribution in [-0.2, 0) is 11.2 Å². The van der Waals surface area contributed by atoms with Crippen LogP contribution < -0.4 is 4.74 Å². The highest BCUT2D eigenvalue weighted by Crippen LogP contribution is 2.35. The van der Waals surface area contributed by atoms with Gasteiger partial charge in [-0.05, 0) is 28.4 Å². The highest BCUT2D eigenvalue weighted by atomic mass is 79.9. The summed E-state index contributed by atoms with van der Waals surface area (Å²) in [6.07, 6.45) is 0.720. The van der Waals surface area contributed by atoms with Gasteiger partial charge < -0.3 is 9.84 Å². The first-order chi connectivity index (χ1) is 6.13. The van der Waals surface area contributed by atoms with Crippen molar-refractivity contribution in [1.29, 1.82) is 0 Å². The molecule has 3 nitrogen and oxygen atoms in total. The molecule has 0 aliphatic rings. The molecule has 0 aromatic carbocycles. The first kappa shape index (κ1) is 10.5. The van der Waals surface area contributed by atoms with Crippen molar-refractivity contribution in [3.8, 4) is 5.06 Å². The molecular formula is C8H9BrO3S. The topological polar surface area (TPSA) is 46.5 Å². The first-order valence-electron chi connectivity index (χ1n) is 3.67. The molecule has 1 rings (SSSR count). The smallest absolute Gasteiger partial charge is 0.303 e. The van der Waals surface area contributed by atoms with Crippen molar-refractivity contribution < 1.29 is 14.6 Å². The molecule has 0 atom stereocenters. The third-order valence-corrected chi connectivity index (χ3v) is 3.48. The molecule has 0 fully saturated rings. The highest BCUT2D eigenvalue weighted by Gasteiger charge is 2.07. The normalized spacial score (nSPS) is 10.0. The molecule has 1 heterocycles. The van der Waals surface area contributed by atoms with Crippen molar-refractivity contribution in [2.45, 2.75) is 12.8 Å². The van der Waals surface area contributed by atoms with Gasteiger partial charge in [0, 0.05) is 4.88 Å². The SMILES string of the molecule is COc1sc(CCC(=O)O)cc1Br. The molecule has 0 aliphatic heterocycles. The zero-order chi connectivity index (χ0) is 9.84. The van der Waals surface area contributed by atoms with Crippen LogP contribution in [0.5, 0.6) is 5.06 Å². The van der Waals surface area contributed by atoms with Gasteiger partial charge in [0.05, 0.1) is 18.0 Å². The van der Waals surface area contributed by atoms with Crippen LogP contribution in [0.4, 0.5) is 0 Å². The van der Waals surface area contributed by atoms with Gasteiger partial charge >= 0.3 is 5.97 Å². The van der Waals surface area contributed by atoms with Crippen LogP contribution in [0.3, 0.4) is 0 Å². The molecule has 72 valence electrons. The van der Waals surface area contributed by atoms with Crippen LogP contribution in [-0.4, -0.2) is 18.2 Å². The van der Waals surface area contributed by atoms with Crippen molar-refractivity contribution in [2.24, 2.45) is 0 Å². The fraction of sp³-hybridized carbons (Fsp3) is 0.375. The predicted octanol–water partition coefficient (Wildman–Crippen LogP) is 2.54. The molecule has 0 saturated heterocycles. The summed E-state index contributed by atoms with van der Waals surface area (Å²) >= 11 is 4.79. The lowest BCUT2D eigenvalue weighted by Gasteiger charge is -1.92. The number of carboxylic acid groups (broad SMARTS) is 1. The molecule has 5 heteroatoms. The third-order valence-electron chi connectivity index (χ3n) is 1.48. The zero-order valence-electron chi connectivity index (χ0n) is 7.04. The Bertz CT molecular complexity index is 308. The summed E-state index contributed by atoms with van der Waals surface area (Å²) in [5, 5.41) is 9.26. The molecule has 0 bridgehead atoms. The summed E-state index contributed by atoms with van der Waals surface area (Å²) in [6, 6.07) is 1.90. The lowest BCUT2D eigenvalue weighted by atomic mass is 10.3. The van der Waals surface area contributed by atoms with E-state index in [0.29, 0.717) is 6.42 Å². The van der Waals surface area contributed by atoms with E-state index in [1.807, 2.05) is 6.07 Å². The number of carbonyl (C=O) groups is 1. The Balaban J connectivity index is 2.62. The average molecular weight is 265 g/mol. The maximum Gasteiger partial charge on any atom is 0.303 e. The van der Waals surface area contributed by atoms with Crippen molar-refractivity contribution in [3.05, 3.63) is 15.4 Å². The van der Waals surface area contributed by atoms with E-state index in [0.717, 1.165) is 14.4 Å². The Morgan fingerprint density at radius 3 is 2.92 bits per heavy atom. The van der Waals surface area contributed by atoms with Gasteiger partial charge in [-0.1, -0.05) is 0 Å². The summed E-state index contributed by atoms with van der Waals surface area (Å²) in [4.78, 5) is 11.3. The Morgan fingerprint density at radius 1 is 1.77 bits per heavy atom. The second kappa shape index (κ2) is 4.62. The number of aryl methyl sites for hydroxylation is 1. The number of hydrogen-bond donors (Lipinski definition) is 1. The lowest BCUT2D eigenvalue weighted by Crippen LogP contribution is -1.95. The number of carboxylic acids is 1. The van der Waals surface area contributed by atoms with Crippen LogP contribution >= 0.6 is 27.3 Å². The fourth-order valence-corrected chi connectivity index (χ4v) is 2.58. The van der Waals surface area contributed by atoms with E-state index in [9.17, 15) is 4.79 Å². The standard InChI is InChI=1S/C8H9BrO3S/c1-12-8-6(9)4-5(13-8)2-3-7(10)11/h4H,2-3H2,1H3,(H,10,11). The van der Waals surface area contributed by atoms with Crippen LogP contribution in [0.15, 0.2) is 10.5 Å². The van der Waals surface area contributed by atoms with Crippen LogP contribution in [0.2, 0.25) is 0 Å². The van der Waals surface area contributed by atoms with E-state index in [4.69, 9.17) is 9.84 Å². The largest absolute Gasteiger partial charge is 0.486 e. The summed E-state index contributed by atoms with van der Waals surface area (Å²) in [5.41, 5.74) is 0. The van der Waals surface area contributed by atoms with E-state index in [2.05, 4.69) is 15.9 Å². The van der Waals surface area contributed by atoms with Gasteiger partial charge in [0.1, 0.15) is 0 Å². The monoisotopic (exact) mass is 264 g/mol. The van der Waals surface area contributed by atoms with Gasteiger partial charge in [-0.25, -0.2) is 0 Å². The summed E-state index contributed by atoms with van der Waals surface area (Å²) in [5.74, 6) is -0.775. The van der Waals surface area contributed by atoms with Gasteiger partial charge in [-0.3, -0.25) is 4.79 Å². The van der Waals surface area contributed by atoms with Crippen LogP contribution in [0, 0.1) is 0 Å². The molecule has 0 aliphatic carbocycles. The average Bonchev–Trinajstić information content (AvgIpc) is 2.43. The summed E-state index contributed by atoms with van der Waals surface area (Å²) in [7, 11) is 1.59. The minimum atomic E-state index is -0.775. The minimum Gasteiger partial charge on any atom is -0.486 e. The number of ether oxygens (including phenoxy) is 1. The Labute approximate surface area is 88.5 Å². The first-order valence-corrected chi connectivity index (χ1v) is 5.28. The number of aliphatic carboxylic acids is 1. The van der Waals surface area contributed by atoms with Crippen molar-refractivity contribution in [1.82, 2.24) is 0 Å². The number of hydrogen-bond acceptors (Lipinski definition) is 3. The van der Waals surface area contributed by atoms with Gasteiger partial charge in [0.15, 0.2) is 5.06 Å². The van der Waals surface area contributed by atoms with Crippen molar-refractivity contribution in [3.63, 3.8) is 0 Å². The summed E-state index contributed by atoms with van der Waals surface area (Å²) < 4.78 is 5.95. The molecule has 0 spiro atoms. The maximum absolute atomic E-state index is 10.3. The summed E-state index contributed by atoms with van der Waals surface area (Å²) in [6.45, 7) is 0. The molecule has 1 aromatic heterocycles. The number of halogens is 1. The van der Waals surface area contributed by atoms with Gasteiger partial charge in [0.2, 0.25) is 0 Å². The van der Waals surface area contributed by atoms with Gasteiger partial charge in [-0.2, -0.15) is 0 Å². The molecule has 13 heavy (non-hydrogen) atoms. The molecular weight excluding hydrogens is 256 g/mol. The highest BCUT2D eigenvalue weighted by molar-refractivity contribution is 9.10. The Hall–Kier alpha value is -0.550. The van der Waals surface area contributed by atoms with Crippen molar-refractivity contribution >= 4 is 33.2 Å². The van der Waals surface area contributed by atoms with E-state index in [1.165, 1.54) is 11.3 Å². The van der Waals surface area contributed by atoms with Gasteiger partial charge in [0.25, 0.3) is 0 Å². The second-order valence-corrected chi connectivity index (χ2v) is 4.40. The number of thiophene rings is 1. The van der Waals surface area contributed by atoms with Gasteiger partial charge in [-0.15, -0.1) is 11.3 Å². The quantitative estimate of drug-likeness (QED) is 0.909. The lowest BCUT2D eigenvalue weighted by molar-refractivity contribution is -0.136. The number of rotatable bonds is 4. The van der Waals surface area contributed by atoms with E-state index < -0.39 is 5.97 Å². The van der Waals surface area contributed by atoms with E-state index in [-0.39, 0.29) is 6.42 Å². The maximum atomic E-state index is 10.3. The van der Waals surface area contributed by atoms with Crippen LogP contribution in [0.1, 0.15) is 11.3 Å². The zero-order valence-corrected chi connectivity index (χ0v) is 9.44. The second-order valence-electron chi connectivity index (χ2n) is 2.45. The number of methoxy groups -OCH3 is 1. The van der Waals surface area contributed by atoms with Crippen LogP contribution in [0.25, 0.3) is 0 Å². The molecule has 0 amide bonds. The molecule has 1 N–H and O–H groups in total. The van der Waals surface area contributed by atoms with Crippen molar-refractivity contribution in [2.75, 3.05) is 7.11 Å². The Morgan fingerprint density at radius 2 is 2.46 bits per heavy atom. The predicted molar refractivity (Wildman–Crippen MR) is 54.5 cm³/mol. The molecule has 1 aromatic rings. The molecule has 0 radical (unpaired) electrons. The molecule has 0 saturated carbocycles. The Kier molecular flexibility index (Phi) is 3.74. The third kappa shape index (κ3) is 3.00.